The van der Waals surface area contributed by atoms with E-state index in [2.05, 4.69) is 33.3 Å². The van der Waals surface area contributed by atoms with Crippen molar-refractivity contribution in [2.45, 2.75) is 76.3 Å². The number of anilines is 1. The minimum Gasteiger partial charge on any atom is -0.394 e. The van der Waals surface area contributed by atoms with E-state index in [1.807, 2.05) is 31.2 Å². The molecule has 10 nitrogen and oxygen atoms in total. The van der Waals surface area contributed by atoms with Gasteiger partial charge in [-0.25, -0.2) is 0 Å². The van der Waals surface area contributed by atoms with Crippen molar-refractivity contribution in [3.8, 4) is 0 Å². The molecule has 3 fully saturated rings. The van der Waals surface area contributed by atoms with Crippen molar-refractivity contribution in [1.29, 1.82) is 0 Å². The quantitative estimate of drug-likeness (QED) is 0.269. The number of amides is 3. The Morgan fingerprint density at radius 2 is 1.95 bits per heavy atom. The maximum Gasteiger partial charge on any atom is 0.270 e. The number of benzene rings is 1. The van der Waals surface area contributed by atoms with Crippen LogP contribution in [0.2, 0.25) is 0 Å². The van der Waals surface area contributed by atoms with E-state index in [1.54, 1.807) is 19.3 Å². The number of nitrogens with one attached hydrogen (secondary N) is 4. The highest BCUT2D eigenvalue weighted by Gasteiger charge is 2.54. The smallest absolute Gasteiger partial charge is 0.270 e. The van der Waals surface area contributed by atoms with Gasteiger partial charge in [0, 0.05) is 25.5 Å². The van der Waals surface area contributed by atoms with Gasteiger partial charge in [-0.05, 0) is 73.2 Å². The third kappa shape index (κ3) is 5.90. The molecule has 2 saturated carbocycles. The van der Waals surface area contributed by atoms with E-state index < -0.39 is 11.5 Å². The van der Waals surface area contributed by atoms with Crippen LogP contribution in [0.15, 0.2) is 36.5 Å². The fraction of sp³-hybridized carbons (Fsp3) is 0.613. The molecule has 1 aromatic heterocycles. The highest BCUT2D eigenvalue weighted by molar-refractivity contribution is 6.01. The highest BCUT2D eigenvalue weighted by Crippen LogP contribution is 2.58. The maximum absolute atomic E-state index is 14.1. The summed E-state index contributed by atoms with van der Waals surface area (Å²) < 4.78 is 1.52. The second-order valence-corrected chi connectivity index (χ2v) is 12.5. The Bertz CT molecular complexity index is 1260. The molecule has 2 aliphatic carbocycles. The largest absolute Gasteiger partial charge is 0.394 e. The summed E-state index contributed by atoms with van der Waals surface area (Å²) >= 11 is 0. The Morgan fingerprint density at radius 3 is 2.51 bits per heavy atom. The van der Waals surface area contributed by atoms with E-state index in [1.165, 1.54) is 4.68 Å². The van der Waals surface area contributed by atoms with Crippen LogP contribution in [0.3, 0.4) is 0 Å². The summed E-state index contributed by atoms with van der Waals surface area (Å²) in [4.78, 5) is 40.9. The number of aromatic nitrogens is 2. The first-order chi connectivity index (χ1) is 19.7. The van der Waals surface area contributed by atoms with Crippen LogP contribution in [0.1, 0.15) is 74.8 Å². The number of nitrogens with zero attached hydrogens (tertiary/aromatic N) is 2. The van der Waals surface area contributed by atoms with Gasteiger partial charge in [0.15, 0.2) is 0 Å². The fourth-order valence-corrected chi connectivity index (χ4v) is 6.68. The minimum atomic E-state index is -0.799. The molecule has 4 atom stereocenters. The molecule has 0 radical (unpaired) electrons. The molecule has 1 aliphatic heterocycles. The van der Waals surface area contributed by atoms with Crippen molar-refractivity contribution in [2.75, 3.05) is 25.0 Å². The number of aliphatic hydroxyl groups is 1. The van der Waals surface area contributed by atoms with Crippen LogP contribution in [-0.2, 0) is 22.1 Å². The Morgan fingerprint density at radius 1 is 1.17 bits per heavy atom. The zero-order valence-electron chi connectivity index (χ0n) is 24.4. The standard InChI is InChI=1S/C31H44N6O4/c1-4-22(18-38)35-29(41)31(14-16-32-19-31)21-9-6-10-23(17-21)34-28(40)26(36-27(39)24-11-15-33-37(24)3)25(20-7-5-8-20)30(2)12-13-30/h6,9-11,15,17,20,22,25-26,32,38H,4-5,7-8,12-14,16,18-19H2,1-3H3,(H,34,40)(H,35,41)(H,36,39)/t22-,25?,26-,31?/m0/s1. The van der Waals surface area contributed by atoms with E-state index in [4.69, 9.17) is 0 Å². The molecule has 1 saturated heterocycles. The van der Waals surface area contributed by atoms with Crippen LogP contribution in [-0.4, -0.2) is 64.4 Å². The average Bonchev–Trinajstić information content (AvgIpc) is 3.29. The van der Waals surface area contributed by atoms with Crippen molar-refractivity contribution in [1.82, 2.24) is 25.7 Å². The summed E-state index contributed by atoms with van der Waals surface area (Å²) in [6, 6.07) is 8.14. The van der Waals surface area contributed by atoms with Crippen LogP contribution in [0.4, 0.5) is 5.69 Å². The molecular weight excluding hydrogens is 520 g/mol. The lowest BCUT2D eigenvalue weighted by Gasteiger charge is -2.42. The first kappa shape index (κ1) is 29.3. The topological polar surface area (TPSA) is 137 Å². The summed E-state index contributed by atoms with van der Waals surface area (Å²) in [5.74, 6) is -0.241. The normalized spacial score (nSPS) is 23.6. The van der Waals surface area contributed by atoms with Gasteiger partial charge in [0.1, 0.15) is 11.7 Å². The van der Waals surface area contributed by atoms with E-state index in [0.29, 0.717) is 43.2 Å². The predicted octanol–water partition coefficient (Wildman–Crippen LogP) is 2.49. The number of aliphatic hydroxyl groups excluding tert-OH is 1. The molecule has 2 heterocycles. The Hall–Kier alpha value is -3.24. The van der Waals surface area contributed by atoms with Crippen LogP contribution >= 0.6 is 0 Å². The monoisotopic (exact) mass is 564 g/mol. The zero-order chi connectivity index (χ0) is 29.2. The number of carbonyl (C=O) groups is 3. The first-order valence-corrected chi connectivity index (χ1v) is 15.0. The Kier molecular flexibility index (Phi) is 8.52. The summed E-state index contributed by atoms with van der Waals surface area (Å²) in [5.41, 5.74) is 1.04. The average molecular weight is 565 g/mol. The van der Waals surface area contributed by atoms with Crippen LogP contribution in [0.25, 0.3) is 0 Å². The van der Waals surface area contributed by atoms with Crippen LogP contribution in [0, 0.1) is 17.3 Å². The van der Waals surface area contributed by atoms with Gasteiger partial charge < -0.3 is 26.4 Å². The van der Waals surface area contributed by atoms with Gasteiger partial charge >= 0.3 is 0 Å². The lowest BCUT2D eigenvalue weighted by molar-refractivity contribution is -0.127. The molecule has 3 aliphatic rings. The third-order valence-corrected chi connectivity index (χ3v) is 9.80. The Balaban J connectivity index is 1.41. The fourth-order valence-electron chi connectivity index (χ4n) is 6.68. The van der Waals surface area contributed by atoms with Gasteiger partial charge in [-0.3, -0.25) is 19.1 Å². The maximum atomic E-state index is 14.1. The van der Waals surface area contributed by atoms with E-state index in [0.717, 1.165) is 37.7 Å². The van der Waals surface area contributed by atoms with Crippen molar-refractivity contribution in [3.63, 3.8) is 0 Å². The van der Waals surface area contributed by atoms with Crippen LogP contribution in [0.5, 0.6) is 0 Å². The van der Waals surface area contributed by atoms with Gasteiger partial charge in [0.25, 0.3) is 5.91 Å². The molecule has 10 heteroatoms. The highest BCUT2D eigenvalue weighted by atomic mass is 16.3. The van der Waals surface area contributed by atoms with Gasteiger partial charge in [-0.1, -0.05) is 45.2 Å². The van der Waals surface area contributed by atoms with E-state index in [9.17, 15) is 19.5 Å². The second kappa shape index (κ2) is 11.9. The molecule has 0 spiro atoms. The summed E-state index contributed by atoms with van der Waals surface area (Å²) in [5, 5.41) is 26.3. The first-order valence-electron chi connectivity index (χ1n) is 15.0. The number of carbonyl (C=O) groups excluding carboxylic acids is 3. The number of hydrogen-bond donors (Lipinski definition) is 5. The molecule has 5 N–H and O–H groups in total. The number of rotatable bonds is 12. The number of hydrogen-bond acceptors (Lipinski definition) is 6. The SMILES string of the molecule is CC[C@@H](CO)NC(=O)C1(c2cccc(NC(=O)[C@@H](NC(=O)c3ccnn3C)C(C3CCC3)C3(C)CC3)c2)CCNC1. The molecule has 2 aromatic rings. The van der Waals surface area contributed by atoms with Gasteiger partial charge in [0.05, 0.1) is 18.1 Å². The third-order valence-electron chi connectivity index (χ3n) is 9.80. The van der Waals surface area contributed by atoms with Gasteiger partial charge in [0.2, 0.25) is 11.8 Å². The number of aryl methyl sites for hydroxylation is 1. The van der Waals surface area contributed by atoms with Crippen molar-refractivity contribution in [2.24, 2.45) is 24.3 Å². The lowest BCUT2D eigenvalue weighted by atomic mass is 9.66. The molecule has 3 amide bonds. The Labute approximate surface area is 242 Å². The minimum absolute atomic E-state index is 0.0227. The molecule has 2 unspecified atom stereocenters. The molecule has 222 valence electrons. The molecular formula is C31H44N6O4. The summed E-state index contributed by atoms with van der Waals surface area (Å²) in [6.07, 6.45) is 8.21. The van der Waals surface area contributed by atoms with Crippen molar-refractivity contribution < 1.29 is 19.5 Å². The van der Waals surface area contributed by atoms with Crippen molar-refractivity contribution >= 4 is 23.4 Å². The second-order valence-electron chi connectivity index (χ2n) is 12.5. The molecule has 5 rings (SSSR count). The molecule has 0 bridgehead atoms. The van der Waals surface area contributed by atoms with Crippen molar-refractivity contribution in [3.05, 3.63) is 47.8 Å². The lowest BCUT2D eigenvalue weighted by Crippen LogP contribution is -2.54. The van der Waals surface area contributed by atoms with Gasteiger partial charge in [-0.15, -0.1) is 0 Å². The summed E-state index contributed by atoms with van der Waals surface area (Å²) in [7, 11) is 1.72. The molecule has 1 aromatic carbocycles. The predicted molar refractivity (Wildman–Crippen MR) is 156 cm³/mol. The summed E-state index contributed by atoms with van der Waals surface area (Å²) in [6.45, 7) is 5.22. The van der Waals surface area contributed by atoms with E-state index >= 15 is 0 Å². The molecule has 41 heavy (non-hydrogen) atoms. The zero-order valence-corrected chi connectivity index (χ0v) is 24.4. The van der Waals surface area contributed by atoms with Crippen LogP contribution < -0.4 is 21.3 Å². The van der Waals surface area contributed by atoms with E-state index in [-0.39, 0.29) is 41.7 Å². The van der Waals surface area contributed by atoms with Gasteiger partial charge in [-0.2, -0.15) is 5.10 Å².